The third-order valence-corrected chi connectivity index (χ3v) is 3.05. The number of hydrogen-bond acceptors (Lipinski definition) is 1. The van der Waals surface area contributed by atoms with Gasteiger partial charge in [0, 0.05) is 11.1 Å². The van der Waals surface area contributed by atoms with Crippen LogP contribution in [0.15, 0.2) is 42.5 Å². The summed E-state index contributed by atoms with van der Waals surface area (Å²) in [5.74, 6) is 0. The molecule has 0 saturated carbocycles. The molecule has 0 fully saturated rings. The molecule has 0 aliphatic carbocycles. The second-order valence-electron chi connectivity index (χ2n) is 3.91. The van der Waals surface area contributed by atoms with Crippen LogP contribution < -0.4 is 10.6 Å². The number of halogens is 1. The Labute approximate surface area is 108 Å². The van der Waals surface area contributed by atoms with Crippen molar-refractivity contribution in [1.29, 1.82) is 0 Å². The van der Waals surface area contributed by atoms with E-state index in [-0.39, 0.29) is 0 Å². The first-order chi connectivity index (χ1) is 8.79. The second-order valence-corrected chi connectivity index (χ2v) is 4.30. The second kappa shape index (κ2) is 4.23. The average molecular weight is 257 g/mol. The smallest absolute Gasteiger partial charge is 0.130 e. The molecule has 0 atom stereocenters. The van der Waals surface area contributed by atoms with Gasteiger partial charge < -0.3 is 0 Å². The topological polar surface area (TPSA) is 61.2 Å². The summed E-state index contributed by atoms with van der Waals surface area (Å²) in [4.78, 5) is 4.28. The highest BCUT2D eigenvalue weighted by Crippen LogP contribution is 2.31. The van der Waals surface area contributed by atoms with Gasteiger partial charge in [0.15, 0.2) is 0 Å². The maximum atomic E-state index is 8.82. The summed E-state index contributed by atoms with van der Waals surface area (Å²) >= 11 is 5.95. The van der Waals surface area contributed by atoms with Crippen LogP contribution in [0.25, 0.3) is 27.2 Å². The molecule has 1 heterocycles. The van der Waals surface area contributed by atoms with Crippen LogP contribution in [0.5, 0.6) is 0 Å². The summed E-state index contributed by atoms with van der Waals surface area (Å²) in [5, 5.41) is 5.38. The molecule has 0 radical (unpaired) electrons. The summed E-state index contributed by atoms with van der Waals surface area (Å²) < 4.78 is 0. The Morgan fingerprint density at radius 1 is 1.17 bits per heavy atom. The normalized spacial score (nSPS) is 10.7. The van der Waals surface area contributed by atoms with Crippen molar-refractivity contribution in [1.82, 2.24) is 4.98 Å². The lowest BCUT2D eigenvalue weighted by atomic mass is 10.0. The Kier molecular flexibility index (Phi) is 2.57. The van der Waals surface area contributed by atoms with Crippen molar-refractivity contribution in [3.05, 3.63) is 53.1 Å². The van der Waals surface area contributed by atoms with Crippen molar-refractivity contribution in [2.24, 2.45) is 0 Å². The monoisotopic (exact) mass is 256 g/mol. The summed E-state index contributed by atoms with van der Waals surface area (Å²) in [7, 11) is 0. The minimum atomic E-state index is 0.371. The molecule has 0 saturated heterocycles. The highest BCUT2D eigenvalue weighted by molar-refractivity contribution is 6.30. The number of rotatable bonds is 2. The molecule has 5 heteroatoms. The van der Waals surface area contributed by atoms with E-state index < -0.39 is 0 Å². The first-order valence-electron chi connectivity index (χ1n) is 5.43. The Morgan fingerprint density at radius 2 is 2.00 bits per heavy atom. The molecule has 2 N–H and O–H groups in total. The number of nitrogens with one attached hydrogen (secondary N) is 2. The molecule has 18 heavy (non-hydrogen) atoms. The fourth-order valence-electron chi connectivity index (χ4n) is 2.13. The maximum Gasteiger partial charge on any atom is 0.130 e. The molecular formula is C13H9ClN4. The Morgan fingerprint density at radius 3 is 2.83 bits per heavy atom. The molecule has 0 amide bonds. The van der Waals surface area contributed by atoms with Gasteiger partial charge in [-0.1, -0.05) is 41.9 Å². The van der Waals surface area contributed by atoms with Crippen LogP contribution in [-0.2, 0) is 0 Å². The van der Waals surface area contributed by atoms with Crippen molar-refractivity contribution in [2.45, 2.75) is 0 Å². The zero-order valence-corrected chi connectivity index (χ0v) is 10.1. The van der Waals surface area contributed by atoms with E-state index in [1.54, 1.807) is 6.07 Å². The highest BCUT2D eigenvalue weighted by atomic mass is 35.5. The number of fused-ring (bicyclic) bond motifs is 3. The fraction of sp³-hybridized carbons (Fsp3) is 0. The SMILES string of the molecule is [N-]=[NH+]Nc1cc(Cl)nc2ccc3ccccc3c12. The molecule has 1 aromatic heterocycles. The molecule has 0 spiro atoms. The summed E-state index contributed by atoms with van der Waals surface area (Å²) in [6.45, 7) is 0. The van der Waals surface area contributed by atoms with E-state index in [0.717, 1.165) is 21.7 Å². The van der Waals surface area contributed by atoms with Crippen LogP contribution in [0, 0.1) is 0 Å². The molecule has 0 aliphatic heterocycles. The van der Waals surface area contributed by atoms with Gasteiger partial charge in [-0.2, -0.15) is 10.8 Å². The molecule has 3 rings (SSSR count). The van der Waals surface area contributed by atoms with E-state index in [9.17, 15) is 0 Å². The first kappa shape index (κ1) is 10.9. The van der Waals surface area contributed by atoms with Crippen LogP contribution in [-0.4, -0.2) is 4.98 Å². The molecule has 0 bridgehead atoms. The lowest BCUT2D eigenvalue weighted by Crippen LogP contribution is -2.68. The van der Waals surface area contributed by atoms with Gasteiger partial charge in [-0.15, -0.1) is 0 Å². The number of pyridine rings is 1. The van der Waals surface area contributed by atoms with Gasteiger partial charge in [0.25, 0.3) is 0 Å². The van der Waals surface area contributed by atoms with Gasteiger partial charge >= 0.3 is 0 Å². The molecular weight excluding hydrogens is 248 g/mol. The van der Waals surface area contributed by atoms with Crippen molar-refractivity contribution < 1.29 is 5.22 Å². The number of aromatic nitrogens is 1. The number of benzene rings is 2. The number of hydrogen-bond donors (Lipinski definition) is 2. The molecule has 3 aromatic rings. The zero-order valence-electron chi connectivity index (χ0n) is 9.31. The fourth-order valence-corrected chi connectivity index (χ4v) is 2.33. The lowest BCUT2D eigenvalue weighted by Gasteiger charge is -2.10. The quantitative estimate of drug-likeness (QED) is 0.320. The summed E-state index contributed by atoms with van der Waals surface area (Å²) in [6.07, 6.45) is 0. The molecule has 0 unspecified atom stereocenters. The predicted octanol–water partition coefficient (Wildman–Crippen LogP) is 2.47. The van der Waals surface area contributed by atoms with E-state index in [4.69, 9.17) is 17.1 Å². The zero-order chi connectivity index (χ0) is 12.5. The van der Waals surface area contributed by atoms with Gasteiger partial charge in [-0.3, -0.25) is 5.43 Å². The van der Waals surface area contributed by atoms with Crippen LogP contribution in [0.4, 0.5) is 5.69 Å². The van der Waals surface area contributed by atoms with Gasteiger partial charge in [0.2, 0.25) is 0 Å². The lowest BCUT2D eigenvalue weighted by molar-refractivity contribution is -0.443. The summed E-state index contributed by atoms with van der Waals surface area (Å²) in [6, 6.07) is 13.6. The third-order valence-electron chi connectivity index (χ3n) is 2.86. The highest BCUT2D eigenvalue weighted by Gasteiger charge is 2.07. The van der Waals surface area contributed by atoms with E-state index >= 15 is 0 Å². The van der Waals surface area contributed by atoms with E-state index in [2.05, 4.69) is 10.4 Å². The standard InChI is InChI=1S/C13H9ClN4/c14-12-7-11(17-18-15)13-9-4-2-1-3-8(9)5-6-10(13)16-12/h1-7,18H,(H-,15,16,17). The van der Waals surface area contributed by atoms with E-state index in [1.807, 2.05) is 41.6 Å². The maximum absolute atomic E-state index is 8.82. The molecule has 2 aromatic carbocycles. The van der Waals surface area contributed by atoms with Crippen molar-refractivity contribution in [2.75, 3.05) is 5.43 Å². The van der Waals surface area contributed by atoms with Gasteiger partial charge in [0.05, 0.1) is 5.52 Å². The minimum absolute atomic E-state index is 0.371. The first-order valence-corrected chi connectivity index (χ1v) is 5.80. The average Bonchev–Trinajstić information content (AvgIpc) is 2.38. The molecule has 88 valence electrons. The van der Waals surface area contributed by atoms with E-state index in [0.29, 0.717) is 10.8 Å². The number of nitrogens with zero attached hydrogens (tertiary/aromatic N) is 2. The third kappa shape index (κ3) is 1.67. The van der Waals surface area contributed by atoms with Crippen LogP contribution in [0.2, 0.25) is 5.15 Å². The van der Waals surface area contributed by atoms with Gasteiger partial charge in [0.1, 0.15) is 5.15 Å². The van der Waals surface area contributed by atoms with Gasteiger partial charge in [-0.05, 0) is 22.9 Å². The largest absolute Gasteiger partial charge is 0.265 e. The molecule has 4 nitrogen and oxygen atoms in total. The number of anilines is 1. The van der Waals surface area contributed by atoms with Crippen LogP contribution in [0.3, 0.4) is 0 Å². The Hall–Kier alpha value is -2.20. The van der Waals surface area contributed by atoms with Crippen LogP contribution >= 0.6 is 11.6 Å². The number of hydrazine groups is 1. The summed E-state index contributed by atoms with van der Waals surface area (Å²) in [5.41, 5.74) is 12.9. The Balaban J connectivity index is 2.50. The predicted molar refractivity (Wildman–Crippen MR) is 72.2 cm³/mol. The molecule has 0 aliphatic rings. The minimum Gasteiger partial charge on any atom is -0.265 e. The van der Waals surface area contributed by atoms with Crippen molar-refractivity contribution in [3.8, 4) is 0 Å². The van der Waals surface area contributed by atoms with E-state index in [1.165, 1.54) is 0 Å². The van der Waals surface area contributed by atoms with Crippen LogP contribution in [0.1, 0.15) is 0 Å². The van der Waals surface area contributed by atoms with Crippen molar-refractivity contribution in [3.63, 3.8) is 0 Å². The Bertz CT molecular complexity index is 754. The van der Waals surface area contributed by atoms with Gasteiger partial charge in [-0.25, -0.2) is 4.98 Å². The van der Waals surface area contributed by atoms with Crippen molar-refractivity contribution >= 4 is 39.0 Å².